The van der Waals surface area contributed by atoms with E-state index in [1.807, 2.05) is 13.0 Å². The van der Waals surface area contributed by atoms with E-state index in [2.05, 4.69) is 20.9 Å². The summed E-state index contributed by atoms with van der Waals surface area (Å²) in [4.78, 5) is 31.6. The number of aromatic nitrogens is 1. The second kappa shape index (κ2) is 11.2. The van der Waals surface area contributed by atoms with Gasteiger partial charge in [0, 0.05) is 36.5 Å². The molecule has 3 N–H and O–H groups in total. The lowest BCUT2D eigenvalue weighted by molar-refractivity contribution is -0.124. The molecule has 2 aliphatic rings. The van der Waals surface area contributed by atoms with Gasteiger partial charge in [0.15, 0.2) is 0 Å². The average Bonchev–Trinajstić information content (AvgIpc) is 3.27. The van der Waals surface area contributed by atoms with Crippen LogP contribution in [0.25, 0.3) is 0 Å². The highest BCUT2D eigenvalue weighted by molar-refractivity contribution is 7.14. The minimum atomic E-state index is -2.62. The van der Waals surface area contributed by atoms with Crippen LogP contribution in [0.15, 0.2) is 24.4 Å². The van der Waals surface area contributed by atoms with Crippen molar-refractivity contribution >= 4 is 40.4 Å². The fourth-order valence-electron chi connectivity index (χ4n) is 4.45. The third-order valence-corrected chi connectivity index (χ3v) is 8.16. The van der Waals surface area contributed by atoms with E-state index in [0.717, 1.165) is 35.5 Å². The van der Waals surface area contributed by atoms with Gasteiger partial charge in [-0.15, -0.1) is 11.3 Å². The lowest BCUT2D eigenvalue weighted by atomic mass is 9.82. The molecule has 2 fully saturated rings. The quantitative estimate of drug-likeness (QED) is 0.393. The normalized spacial score (nSPS) is 19.0. The Labute approximate surface area is 213 Å². The van der Waals surface area contributed by atoms with Crippen molar-refractivity contribution in [2.24, 2.45) is 5.92 Å². The predicted molar refractivity (Wildman–Crippen MR) is 134 cm³/mol. The van der Waals surface area contributed by atoms with Crippen LogP contribution in [0.4, 0.5) is 14.5 Å². The lowest BCUT2D eigenvalue weighted by Gasteiger charge is -2.32. The molecule has 2 saturated carbocycles. The first-order chi connectivity index (χ1) is 16.7. The standard InChI is InChI=1S/C25H31ClF2N4O2S/c1-15-20(12-17(26)13-29-15)30-14-19-5-6-22(35-19)24(34)32-21(23(33)31-18-3-2-4-18)11-16-7-9-25(27,28)10-8-16/h5-6,12-13,16,18,21,30H,2-4,7-11,14H2,1H3,(H,31,33)(H,32,34). The maximum atomic E-state index is 13.6. The smallest absolute Gasteiger partial charge is 0.262 e. The third-order valence-electron chi connectivity index (χ3n) is 6.87. The van der Waals surface area contributed by atoms with E-state index >= 15 is 0 Å². The van der Waals surface area contributed by atoms with Gasteiger partial charge in [0.05, 0.1) is 21.3 Å². The first kappa shape index (κ1) is 25.8. The number of thiophene rings is 1. The van der Waals surface area contributed by atoms with Crippen molar-refractivity contribution < 1.29 is 18.4 Å². The first-order valence-electron chi connectivity index (χ1n) is 12.1. The summed E-state index contributed by atoms with van der Waals surface area (Å²) in [6.07, 6.45) is 5.32. The van der Waals surface area contributed by atoms with Crippen molar-refractivity contribution in [3.8, 4) is 0 Å². The molecule has 0 saturated heterocycles. The predicted octanol–water partition coefficient (Wildman–Crippen LogP) is 5.70. The number of nitrogens with zero attached hydrogens (tertiary/aromatic N) is 1. The van der Waals surface area contributed by atoms with Gasteiger partial charge in [0.25, 0.3) is 5.91 Å². The van der Waals surface area contributed by atoms with E-state index in [1.54, 1.807) is 18.3 Å². The number of carbonyl (C=O) groups excluding carboxylic acids is 2. The molecule has 190 valence electrons. The Balaban J connectivity index is 1.37. The van der Waals surface area contributed by atoms with Gasteiger partial charge < -0.3 is 16.0 Å². The van der Waals surface area contributed by atoms with Gasteiger partial charge in [-0.1, -0.05) is 11.6 Å². The van der Waals surface area contributed by atoms with Gasteiger partial charge in [0.1, 0.15) is 6.04 Å². The number of pyridine rings is 1. The molecular weight excluding hydrogens is 494 g/mol. The molecular formula is C25H31ClF2N4O2S. The molecule has 2 aliphatic carbocycles. The SMILES string of the molecule is Cc1ncc(Cl)cc1NCc1ccc(C(=O)NC(CC2CCC(F)(F)CC2)C(=O)NC2CCC2)s1. The highest BCUT2D eigenvalue weighted by atomic mass is 35.5. The Morgan fingerprint density at radius 2 is 1.97 bits per heavy atom. The number of hydrogen-bond donors (Lipinski definition) is 3. The van der Waals surface area contributed by atoms with Crippen molar-refractivity contribution in [3.63, 3.8) is 0 Å². The molecule has 0 aromatic carbocycles. The molecule has 35 heavy (non-hydrogen) atoms. The Morgan fingerprint density at radius 1 is 1.23 bits per heavy atom. The minimum absolute atomic E-state index is 0.00953. The number of amides is 2. The van der Waals surface area contributed by atoms with Crippen LogP contribution in [0.5, 0.6) is 0 Å². The Morgan fingerprint density at radius 3 is 2.66 bits per heavy atom. The van der Waals surface area contributed by atoms with Crippen molar-refractivity contribution in [2.45, 2.75) is 82.8 Å². The molecule has 0 spiro atoms. The van der Waals surface area contributed by atoms with Crippen LogP contribution in [0.3, 0.4) is 0 Å². The van der Waals surface area contributed by atoms with E-state index in [1.165, 1.54) is 11.3 Å². The van der Waals surface area contributed by atoms with Gasteiger partial charge in [-0.3, -0.25) is 14.6 Å². The van der Waals surface area contributed by atoms with E-state index in [-0.39, 0.29) is 36.6 Å². The second-order valence-corrected chi connectivity index (χ2v) is 11.2. The average molecular weight is 525 g/mol. The molecule has 6 nitrogen and oxygen atoms in total. The van der Waals surface area contributed by atoms with E-state index in [4.69, 9.17) is 11.6 Å². The van der Waals surface area contributed by atoms with Crippen LogP contribution >= 0.6 is 22.9 Å². The van der Waals surface area contributed by atoms with E-state index in [9.17, 15) is 18.4 Å². The van der Waals surface area contributed by atoms with Crippen molar-refractivity contribution in [1.29, 1.82) is 0 Å². The molecule has 10 heteroatoms. The maximum Gasteiger partial charge on any atom is 0.262 e. The first-order valence-corrected chi connectivity index (χ1v) is 13.3. The van der Waals surface area contributed by atoms with Gasteiger partial charge in [-0.25, -0.2) is 8.78 Å². The number of aryl methyl sites for hydroxylation is 1. The molecule has 2 heterocycles. The van der Waals surface area contributed by atoms with E-state index < -0.39 is 12.0 Å². The molecule has 1 unspecified atom stereocenters. The Bertz CT molecular complexity index is 1050. The number of alkyl halides is 2. The molecule has 0 aliphatic heterocycles. The molecule has 0 bridgehead atoms. The third kappa shape index (κ3) is 7.13. The summed E-state index contributed by atoms with van der Waals surface area (Å²) in [5.41, 5.74) is 1.65. The van der Waals surface area contributed by atoms with Crippen LogP contribution in [-0.2, 0) is 11.3 Å². The summed E-state index contributed by atoms with van der Waals surface area (Å²) in [6, 6.07) is 4.82. The zero-order chi connectivity index (χ0) is 25.0. The fraction of sp³-hybridized carbons (Fsp3) is 0.560. The largest absolute Gasteiger partial charge is 0.379 e. The summed E-state index contributed by atoms with van der Waals surface area (Å²) >= 11 is 7.36. The monoisotopic (exact) mass is 524 g/mol. The summed E-state index contributed by atoms with van der Waals surface area (Å²) in [7, 11) is 0. The summed E-state index contributed by atoms with van der Waals surface area (Å²) < 4.78 is 27.2. The topological polar surface area (TPSA) is 83.1 Å². The molecule has 2 amide bonds. The Kier molecular flexibility index (Phi) is 8.27. The number of hydrogen-bond acceptors (Lipinski definition) is 5. The number of halogens is 3. The molecule has 2 aromatic heterocycles. The van der Waals surface area contributed by atoms with Crippen LogP contribution in [0.1, 0.15) is 71.6 Å². The van der Waals surface area contributed by atoms with Crippen molar-refractivity contribution in [3.05, 3.63) is 44.9 Å². The van der Waals surface area contributed by atoms with Crippen molar-refractivity contribution in [1.82, 2.24) is 15.6 Å². The molecule has 1 atom stereocenters. The zero-order valence-corrected chi connectivity index (χ0v) is 21.3. The second-order valence-electron chi connectivity index (χ2n) is 9.60. The van der Waals surface area contributed by atoms with Crippen LogP contribution in [0, 0.1) is 12.8 Å². The number of nitrogens with one attached hydrogen (secondary N) is 3. The Hall–Kier alpha value is -2.26. The minimum Gasteiger partial charge on any atom is -0.379 e. The van der Waals surface area contributed by atoms with Gasteiger partial charge in [-0.2, -0.15) is 0 Å². The fourth-order valence-corrected chi connectivity index (χ4v) is 5.46. The van der Waals surface area contributed by atoms with Crippen LogP contribution < -0.4 is 16.0 Å². The number of rotatable bonds is 9. The lowest BCUT2D eigenvalue weighted by Crippen LogP contribution is -2.52. The highest BCUT2D eigenvalue weighted by Gasteiger charge is 2.37. The van der Waals surface area contributed by atoms with Gasteiger partial charge in [-0.05, 0) is 69.6 Å². The maximum absolute atomic E-state index is 13.6. The number of carbonyl (C=O) groups is 2. The summed E-state index contributed by atoms with van der Waals surface area (Å²) in [6.45, 7) is 2.39. The number of anilines is 1. The summed E-state index contributed by atoms with van der Waals surface area (Å²) in [5, 5.41) is 9.71. The highest BCUT2D eigenvalue weighted by Crippen LogP contribution is 2.38. The summed E-state index contributed by atoms with van der Waals surface area (Å²) in [5.74, 6) is -3.17. The molecule has 0 radical (unpaired) electrons. The van der Waals surface area contributed by atoms with Gasteiger partial charge in [0.2, 0.25) is 11.8 Å². The van der Waals surface area contributed by atoms with Crippen LogP contribution in [0.2, 0.25) is 5.02 Å². The van der Waals surface area contributed by atoms with E-state index in [0.29, 0.717) is 35.7 Å². The molecule has 2 aromatic rings. The van der Waals surface area contributed by atoms with Crippen molar-refractivity contribution in [2.75, 3.05) is 5.32 Å². The molecule has 4 rings (SSSR count). The van der Waals surface area contributed by atoms with Crippen LogP contribution in [-0.4, -0.2) is 34.8 Å². The van der Waals surface area contributed by atoms with Gasteiger partial charge >= 0.3 is 0 Å². The zero-order valence-electron chi connectivity index (χ0n) is 19.7.